The number of fused-ring (bicyclic) bond motifs is 2. The van der Waals surface area contributed by atoms with Gasteiger partial charge < -0.3 is 9.64 Å². The first-order valence-electron chi connectivity index (χ1n) is 11.1. The van der Waals surface area contributed by atoms with Gasteiger partial charge in [0, 0.05) is 28.6 Å². The number of rotatable bonds is 5. The number of H-pyrrole nitrogens is 2. The Labute approximate surface area is 194 Å². The van der Waals surface area contributed by atoms with Gasteiger partial charge in [-0.2, -0.15) is 10.2 Å². The Morgan fingerprint density at radius 1 is 0.912 bits per heavy atom. The quantitative estimate of drug-likeness (QED) is 0.422. The summed E-state index contributed by atoms with van der Waals surface area (Å²) in [6.07, 6.45) is 0.912. The summed E-state index contributed by atoms with van der Waals surface area (Å²) in [7, 11) is 0. The second-order valence-corrected chi connectivity index (χ2v) is 8.31. The standard InChI is InChI=1S/C26H21N5O3/c32-25-20-6-2-1-5-19(20)23(28-30-25)16-9-11-17(12-10-16)31(15-18-13-14-34-18)26(33)24-21-7-3-4-8-22(21)27-29-24/h1-12,18H,13-15H2,(H,27,29)(H,30,32). The molecule has 1 aliphatic rings. The summed E-state index contributed by atoms with van der Waals surface area (Å²) >= 11 is 0. The first-order valence-corrected chi connectivity index (χ1v) is 11.1. The minimum absolute atomic E-state index is 0.00126. The van der Waals surface area contributed by atoms with Gasteiger partial charge in [-0.25, -0.2) is 5.10 Å². The number of anilines is 1. The topological polar surface area (TPSA) is 104 Å². The largest absolute Gasteiger partial charge is 0.376 e. The highest BCUT2D eigenvalue weighted by Gasteiger charge is 2.28. The molecule has 3 aromatic carbocycles. The highest BCUT2D eigenvalue weighted by atomic mass is 16.5. The number of hydrogen-bond donors (Lipinski definition) is 2. The van der Waals surface area contributed by atoms with E-state index in [1.807, 2.05) is 66.7 Å². The number of nitrogens with one attached hydrogen (secondary N) is 2. The van der Waals surface area contributed by atoms with Crippen LogP contribution in [0.1, 0.15) is 16.9 Å². The van der Waals surface area contributed by atoms with E-state index in [-0.39, 0.29) is 17.6 Å². The van der Waals surface area contributed by atoms with Crippen molar-refractivity contribution in [3.05, 3.63) is 88.8 Å². The van der Waals surface area contributed by atoms with Gasteiger partial charge in [-0.05, 0) is 30.7 Å². The van der Waals surface area contributed by atoms with Gasteiger partial charge in [0.05, 0.1) is 29.2 Å². The van der Waals surface area contributed by atoms with Crippen LogP contribution in [-0.2, 0) is 4.74 Å². The lowest BCUT2D eigenvalue weighted by molar-refractivity contribution is -0.0440. The number of aromatic amines is 2. The van der Waals surface area contributed by atoms with Gasteiger partial charge in [-0.1, -0.05) is 48.5 Å². The fourth-order valence-electron chi connectivity index (χ4n) is 4.33. The molecule has 1 unspecified atom stereocenters. The molecule has 168 valence electrons. The molecule has 3 heterocycles. The Balaban J connectivity index is 1.38. The van der Waals surface area contributed by atoms with E-state index in [1.165, 1.54) is 0 Å². The molecule has 6 rings (SSSR count). The first kappa shape index (κ1) is 20.3. The number of aromatic nitrogens is 4. The van der Waals surface area contributed by atoms with E-state index in [2.05, 4.69) is 20.4 Å². The lowest BCUT2D eigenvalue weighted by atomic mass is 10.0. The minimum Gasteiger partial charge on any atom is -0.376 e. The molecular weight excluding hydrogens is 430 g/mol. The summed E-state index contributed by atoms with van der Waals surface area (Å²) in [5.74, 6) is -0.187. The number of nitrogens with zero attached hydrogens (tertiary/aromatic N) is 3. The van der Waals surface area contributed by atoms with Gasteiger partial charge in [0.1, 0.15) is 0 Å². The Hall–Kier alpha value is -4.30. The maximum Gasteiger partial charge on any atom is 0.279 e. The molecule has 5 aromatic rings. The van der Waals surface area contributed by atoms with Crippen LogP contribution in [0.2, 0.25) is 0 Å². The predicted octanol–water partition coefficient (Wildman–Crippen LogP) is 3.90. The van der Waals surface area contributed by atoms with Crippen molar-refractivity contribution in [1.29, 1.82) is 0 Å². The number of ether oxygens (including phenoxy) is 1. The molecule has 2 aromatic heterocycles. The van der Waals surface area contributed by atoms with E-state index in [4.69, 9.17) is 4.74 Å². The number of para-hydroxylation sites is 1. The van der Waals surface area contributed by atoms with Gasteiger partial charge in [0.15, 0.2) is 5.69 Å². The number of carbonyl (C=O) groups excluding carboxylic acids is 1. The lowest BCUT2D eigenvalue weighted by Gasteiger charge is -2.32. The smallest absolute Gasteiger partial charge is 0.279 e. The molecule has 0 bridgehead atoms. The SMILES string of the molecule is O=C(c1n[nH]c2ccccc12)N(CC1CCO1)c1ccc(-c2n[nH]c(=O)c3ccccc23)cc1. The zero-order valence-electron chi connectivity index (χ0n) is 18.2. The molecule has 0 saturated carbocycles. The number of hydrogen-bond acceptors (Lipinski definition) is 5. The third-order valence-corrected chi connectivity index (χ3v) is 6.25. The van der Waals surface area contributed by atoms with Crippen LogP contribution in [0, 0.1) is 0 Å². The second-order valence-electron chi connectivity index (χ2n) is 8.31. The summed E-state index contributed by atoms with van der Waals surface area (Å²) in [4.78, 5) is 27.5. The summed E-state index contributed by atoms with van der Waals surface area (Å²) < 4.78 is 5.62. The van der Waals surface area contributed by atoms with Gasteiger partial charge >= 0.3 is 0 Å². The number of amides is 1. The maximum absolute atomic E-state index is 13.6. The van der Waals surface area contributed by atoms with Crippen LogP contribution >= 0.6 is 0 Å². The van der Waals surface area contributed by atoms with Crippen LogP contribution in [0.4, 0.5) is 5.69 Å². The summed E-state index contributed by atoms with van der Waals surface area (Å²) in [6.45, 7) is 1.15. The molecule has 8 heteroatoms. The average molecular weight is 451 g/mol. The van der Waals surface area contributed by atoms with Gasteiger partial charge in [0.25, 0.3) is 11.5 Å². The summed E-state index contributed by atoms with van der Waals surface area (Å²) in [5.41, 5.74) is 3.24. The normalized spacial score (nSPS) is 15.4. The molecule has 1 saturated heterocycles. The van der Waals surface area contributed by atoms with Crippen molar-refractivity contribution in [2.75, 3.05) is 18.1 Å². The molecule has 8 nitrogen and oxygen atoms in total. The van der Waals surface area contributed by atoms with Crippen LogP contribution in [0.5, 0.6) is 0 Å². The van der Waals surface area contributed by atoms with E-state index in [1.54, 1.807) is 11.0 Å². The predicted molar refractivity (Wildman–Crippen MR) is 130 cm³/mol. The van der Waals surface area contributed by atoms with Crippen molar-refractivity contribution in [3.63, 3.8) is 0 Å². The number of benzene rings is 3. The Kier molecular flexibility index (Phi) is 4.92. The van der Waals surface area contributed by atoms with Gasteiger partial charge in [0.2, 0.25) is 0 Å². The van der Waals surface area contributed by atoms with Crippen LogP contribution in [0.15, 0.2) is 77.6 Å². The molecule has 0 spiro atoms. The second kappa shape index (κ2) is 8.24. The zero-order valence-corrected chi connectivity index (χ0v) is 18.2. The summed E-state index contributed by atoms with van der Waals surface area (Å²) in [6, 6.07) is 22.6. The molecule has 1 fully saturated rings. The highest BCUT2D eigenvalue weighted by molar-refractivity contribution is 6.12. The van der Waals surface area contributed by atoms with E-state index in [9.17, 15) is 9.59 Å². The number of carbonyl (C=O) groups is 1. The Bertz CT molecular complexity index is 1570. The molecule has 1 aliphatic heterocycles. The molecule has 0 aliphatic carbocycles. The van der Waals surface area contributed by atoms with E-state index >= 15 is 0 Å². The average Bonchev–Trinajstić information content (AvgIpc) is 3.28. The van der Waals surface area contributed by atoms with E-state index < -0.39 is 0 Å². The fraction of sp³-hybridized carbons (Fsp3) is 0.154. The molecule has 34 heavy (non-hydrogen) atoms. The van der Waals surface area contributed by atoms with E-state index in [0.29, 0.717) is 29.9 Å². The third kappa shape index (κ3) is 3.45. The molecule has 1 atom stereocenters. The van der Waals surface area contributed by atoms with E-state index in [0.717, 1.165) is 34.0 Å². The van der Waals surface area contributed by atoms with Crippen molar-refractivity contribution in [3.8, 4) is 11.3 Å². The van der Waals surface area contributed by atoms with Crippen molar-refractivity contribution in [2.24, 2.45) is 0 Å². The molecule has 1 amide bonds. The van der Waals surface area contributed by atoms with Gasteiger partial charge in [-0.3, -0.25) is 14.7 Å². The van der Waals surface area contributed by atoms with Crippen LogP contribution in [0.3, 0.4) is 0 Å². The van der Waals surface area contributed by atoms with Crippen molar-refractivity contribution >= 4 is 33.3 Å². The van der Waals surface area contributed by atoms with Gasteiger partial charge in [-0.15, -0.1) is 0 Å². The van der Waals surface area contributed by atoms with Crippen molar-refractivity contribution in [2.45, 2.75) is 12.5 Å². The first-order chi connectivity index (χ1) is 16.7. The highest BCUT2D eigenvalue weighted by Crippen LogP contribution is 2.29. The molecule has 0 radical (unpaired) electrons. The zero-order chi connectivity index (χ0) is 23.1. The van der Waals surface area contributed by atoms with Crippen LogP contribution in [-0.4, -0.2) is 45.6 Å². The Morgan fingerprint density at radius 3 is 2.35 bits per heavy atom. The third-order valence-electron chi connectivity index (χ3n) is 6.25. The lowest BCUT2D eigenvalue weighted by Crippen LogP contribution is -2.43. The molecular formula is C26H21N5O3. The maximum atomic E-state index is 13.6. The molecule has 2 N–H and O–H groups in total. The van der Waals surface area contributed by atoms with Crippen LogP contribution < -0.4 is 10.5 Å². The summed E-state index contributed by atoms with van der Waals surface area (Å²) in [5, 5.41) is 16.2. The van der Waals surface area contributed by atoms with Crippen molar-refractivity contribution < 1.29 is 9.53 Å². The van der Waals surface area contributed by atoms with Crippen LogP contribution in [0.25, 0.3) is 32.9 Å². The minimum atomic E-state index is -0.223. The monoisotopic (exact) mass is 451 g/mol. The Morgan fingerprint density at radius 2 is 1.62 bits per heavy atom. The van der Waals surface area contributed by atoms with Crippen molar-refractivity contribution in [1.82, 2.24) is 20.4 Å². The fourth-order valence-corrected chi connectivity index (χ4v) is 4.33.